The number of methoxy groups -OCH3 is 1. The van der Waals surface area contributed by atoms with Crippen molar-refractivity contribution in [3.05, 3.63) is 57.5 Å². The van der Waals surface area contributed by atoms with Crippen LogP contribution in [0.3, 0.4) is 0 Å². The van der Waals surface area contributed by atoms with Crippen LogP contribution in [0.2, 0.25) is 10.0 Å². The maximum atomic E-state index is 10.1. The standard InChI is InChI=1S/C18H20Cl2O.C4H8O2S.2C2H6/c1-4-11(2)13-9-18(5-6-18)10-14(13)12-7-15(19)17(21-3)16(20)8-12;1-3-4-7(2,5)6;2*1-2/h4,7-8,11H,1,5-6,9-10H2,2-3H3;3-4H,1-2H3;2*1-2H3/b;4-3+;;. The van der Waals surface area contributed by atoms with Gasteiger partial charge in [0.15, 0.2) is 15.6 Å². The van der Waals surface area contributed by atoms with E-state index < -0.39 is 9.84 Å². The second kappa shape index (κ2) is 14.1. The molecule has 0 aromatic heterocycles. The van der Waals surface area contributed by atoms with Gasteiger partial charge in [-0.3, -0.25) is 0 Å². The number of hydrogen-bond donors (Lipinski definition) is 0. The molecule has 182 valence electrons. The van der Waals surface area contributed by atoms with Crippen molar-refractivity contribution in [1.29, 1.82) is 0 Å². The highest BCUT2D eigenvalue weighted by molar-refractivity contribution is 7.93. The summed E-state index contributed by atoms with van der Waals surface area (Å²) < 4.78 is 25.5. The lowest BCUT2D eigenvalue weighted by molar-refractivity contribution is 0.415. The summed E-state index contributed by atoms with van der Waals surface area (Å²) in [6.07, 6.45) is 9.69. The van der Waals surface area contributed by atoms with Gasteiger partial charge in [-0.2, -0.15) is 0 Å². The topological polar surface area (TPSA) is 43.4 Å². The van der Waals surface area contributed by atoms with E-state index in [1.54, 1.807) is 14.0 Å². The molecule has 3 nitrogen and oxygen atoms in total. The second-order valence-corrected chi connectivity index (χ2v) is 10.4. The first-order valence-corrected chi connectivity index (χ1v) is 14.0. The van der Waals surface area contributed by atoms with E-state index in [4.69, 9.17) is 27.9 Å². The molecule has 1 aromatic carbocycles. The molecule has 0 bridgehead atoms. The van der Waals surface area contributed by atoms with Gasteiger partial charge in [0.25, 0.3) is 0 Å². The zero-order valence-corrected chi connectivity index (χ0v) is 23.2. The lowest BCUT2D eigenvalue weighted by Crippen LogP contribution is -1.97. The van der Waals surface area contributed by atoms with Crippen LogP contribution < -0.4 is 4.74 Å². The maximum Gasteiger partial charge on any atom is 0.168 e. The smallest absolute Gasteiger partial charge is 0.168 e. The Balaban J connectivity index is 0.000000743. The molecule has 0 radical (unpaired) electrons. The van der Waals surface area contributed by atoms with Crippen LogP contribution in [0.4, 0.5) is 0 Å². The minimum Gasteiger partial charge on any atom is -0.494 e. The van der Waals surface area contributed by atoms with Crippen LogP contribution in [0.1, 0.15) is 72.8 Å². The van der Waals surface area contributed by atoms with Crippen molar-refractivity contribution in [1.82, 2.24) is 0 Å². The van der Waals surface area contributed by atoms with Gasteiger partial charge in [0.05, 0.1) is 17.2 Å². The van der Waals surface area contributed by atoms with Crippen LogP contribution >= 0.6 is 23.2 Å². The third-order valence-corrected chi connectivity index (χ3v) is 6.63. The summed E-state index contributed by atoms with van der Waals surface area (Å²) in [7, 11) is -1.27. The van der Waals surface area contributed by atoms with Gasteiger partial charge in [0.2, 0.25) is 0 Å². The summed E-state index contributed by atoms with van der Waals surface area (Å²) in [5.74, 6) is 0.958. The SMILES string of the molecule is C/C=C/S(C)(=O)=O.C=CC(C)C1=C(c2cc(Cl)c(OC)c(Cl)c2)CC2(CC2)C1.CC.CC. The fourth-order valence-electron chi connectivity index (χ4n) is 3.63. The molecule has 1 saturated carbocycles. The van der Waals surface area contributed by atoms with Crippen LogP contribution in [0, 0.1) is 11.3 Å². The van der Waals surface area contributed by atoms with Gasteiger partial charge in [-0.05, 0) is 67.2 Å². The zero-order valence-electron chi connectivity index (χ0n) is 20.9. The highest BCUT2D eigenvalue weighted by Gasteiger charge is 2.48. The van der Waals surface area contributed by atoms with E-state index in [9.17, 15) is 8.42 Å². The number of halogens is 2. The van der Waals surface area contributed by atoms with Gasteiger partial charge in [0, 0.05) is 11.7 Å². The lowest BCUT2D eigenvalue weighted by atomic mass is 9.93. The number of sulfone groups is 1. The Morgan fingerprint density at radius 3 is 1.91 bits per heavy atom. The Labute approximate surface area is 206 Å². The van der Waals surface area contributed by atoms with E-state index in [0.717, 1.165) is 23.6 Å². The van der Waals surface area contributed by atoms with Crippen LogP contribution in [0.25, 0.3) is 5.57 Å². The first-order valence-electron chi connectivity index (χ1n) is 11.3. The highest BCUT2D eigenvalue weighted by Crippen LogP contribution is 2.63. The quantitative estimate of drug-likeness (QED) is 0.377. The summed E-state index contributed by atoms with van der Waals surface area (Å²) in [6.45, 7) is 15.8. The predicted octanol–water partition coefficient (Wildman–Crippen LogP) is 8.77. The lowest BCUT2D eigenvalue weighted by Gasteiger charge is -2.14. The average molecular weight is 504 g/mol. The molecule has 0 heterocycles. The van der Waals surface area contributed by atoms with Crippen LogP contribution in [-0.2, 0) is 9.84 Å². The Morgan fingerprint density at radius 2 is 1.59 bits per heavy atom. The summed E-state index contributed by atoms with van der Waals surface area (Å²) in [4.78, 5) is 0. The van der Waals surface area contributed by atoms with E-state index >= 15 is 0 Å². The van der Waals surface area contributed by atoms with Crippen LogP contribution in [0.5, 0.6) is 5.75 Å². The Morgan fingerprint density at radius 1 is 1.09 bits per heavy atom. The molecular weight excluding hydrogens is 463 g/mol. The summed E-state index contributed by atoms with van der Waals surface area (Å²) >= 11 is 12.6. The molecule has 1 fully saturated rings. The molecule has 1 unspecified atom stereocenters. The van der Waals surface area contributed by atoms with Crippen molar-refractivity contribution in [2.24, 2.45) is 11.3 Å². The molecule has 0 aliphatic heterocycles. The van der Waals surface area contributed by atoms with Crippen molar-refractivity contribution < 1.29 is 13.2 Å². The molecule has 0 amide bonds. The molecule has 1 atom stereocenters. The molecular formula is C26H40Cl2O3S. The summed E-state index contributed by atoms with van der Waals surface area (Å²) in [5, 5.41) is 2.32. The normalized spacial score (nSPS) is 16.8. The Hall–Kier alpha value is -1.23. The van der Waals surface area contributed by atoms with E-state index in [0.29, 0.717) is 27.1 Å². The predicted molar refractivity (Wildman–Crippen MR) is 143 cm³/mol. The largest absolute Gasteiger partial charge is 0.494 e. The molecule has 0 N–H and O–H groups in total. The van der Waals surface area contributed by atoms with E-state index in [1.165, 1.54) is 36.5 Å². The Bertz CT molecular complexity index is 888. The minimum atomic E-state index is -2.85. The molecule has 1 spiro atoms. The maximum absolute atomic E-state index is 10.1. The van der Waals surface area contributed by atoms with E-state index in [-0.39, 0.29) is 0 Å². The van der Waals surface area contributed by atoms with E-state index in [1.807, 2.05) is 45.9 Å². The first kappa shape index (κ1) is 30.8. The van der Waals surface area contributed by atoms with E-state index in [2.05, 4.69) is 13.5 Å². The van der Waals surface area contributed by atoms with Crippen molar-refractivity contribution in [3.8, 4) is 5.75 Å². The van der Waals surface area contributed by atoms with Gasteiger partial charge in [-0.15, -0.1) is 6.58 Å². The van der Waals surface area contributed by atoms with Crippen LogP contribution in [-0.4, -0.2) is 21.8 Å². The van der Waals surface area contributed by atoms with Gasteiger partial charge in [-0.1, -0.05) is 75.5 Å². The molecule has 2 aliphatic carbocycles. The van der Waals surface area contributed by atoms with Crippen molar-refractivity contribution >= 4 is 38.6 Å². The number of rotatable bonds is 5. The molecule has 1 aromatic rings. The number of allylic oxidation sites excluding steroid dienone is 4. The molecule has 3 rings (SSSR count). The summed E-state index contributed by atoms with van der Waals surface area (Å²) in [5.41, 5.74) is 4.56. The fraction of sp³-hybridized carbons (Fsp3) is 0.538. The minimum absolute atomic E-state index is 0.402. The number of benzene rings is 1. The second-order valence-electron chi connectivity index (χ2n) is 7.65. The average Bonchev–Trinajstić information content (AvgIpc) is 3.39. The number of hydrogen-bond acceptors (Lipinski definition) is 3. The molecule has 0 saturated heterocycles. The van der Waals surface area contributed by atoms with Crippen LogP contribution in [0.15, 0.2) is 41.8 Å². The molecule has 2 aliphatic rings. The van der Waals surface area contributed by atoms with Gasteiger partial charge in [0.1, 0.15) is 0 Å². The van der Waals surface area contributed by atoms with Gasteiger partial charge >= 0.3 is 0 Å². The van der Waals surface area contributed by atoms with Gasteiger partial charge in [-0.25, -0.2) is 8.42 Å². The van der Waals surface area contributed by atoms with Crippen molar-refractivity contribution in [3.63, 3.8) is 0 Å². The molecule has 32 heavy (non-hydrogen) atoms. The van der Waals surface area contributed by atoms with Crippen molar-refractivity contribution in [2.45, 2.75) is 67.2 Å². The Kier molecular flexibility index (Phi) is 13.6. The third-order valence-electron chi connectivity index (χ3n) is 5.30. The third kappa shape index (κ3) is 8.96. The highest BCUT2D eigenvalue weighted by atomic mass is 35.5. The van der Waals surface area contributed by atoms with Gasteiger partial charge < -0.3 is 4.74 Å². The zero-order chi connectivity index (χ0) is 25.1. The monoisotopic (exact) mass is 502 g/mol. The summed E-state index contributed by atoms with van der Waals surface area (Å²) in [6, 6.07) is 3.97. The fourth-order valence-corrected chi connectivity index (χ4v) is 4.77. The number of ether oxygens (including phenoxy) is 1. The molecule has 6 heteroatoms. The first-order chi connectivity index (χ1) is 15.1. The van der Waals surface area contributed by atoms with Crippen molar-refractivity contribution in [2.75, 3.05) is 13.4 Å².